The lowest BCUT2D eigenvalue weighted by Gasteiger charge is -2.57. The zero-order valence-corrected chi connectivity index (χ0v) is 14.2. The molecule has 1 aromatic heterocycles. The second-order valence-electron chi connectivity index (χ2n) is 6.74. The highest BCUT2D eigenvalue weighted by atomic mass is 16.5. The minimum absolute atomic E-state index is 0.00655. The number of nitrogens with one attached hydrogen (secondary N) is 1. The van der Waals surface area contributed by atoms with Gasteiger partial charge in [0.1, 0.15) is 5.54 Å². The molecule has 0 saturated heterocycles. The van der Waals surface area contributed by atoms with Crippen molar-refractivity contribution in [1.82, 2.24) is 4.98 Å². The van der Waals surface area contributed by atoms with Crippen LogP contribution in [-0.2, 0) is 9.53 Å². The average molecular weight is 329 g/mol. The Hall–Kier alpha value is -2.18. The number of ether oxygens (including phenoxy) is 1. The Kier molecular flexibility index (Phi) is 4.19. The smallest absolute Gasteiger partial charge is 0.245 e. The molecule has 3 N–H and O–H groups in total. The summed E-state index contributed by atoms with van der Waals surface area (Å²) in [6.07, 6.45) is 3.56. The van der Waals surface area contributed by atoms with E-state index in [9.17, 15) is 4.79 Å². The van der Waals surface area contributed by atoms with Crippen LogP contribution in [0.4, 0.5) is 5.69 Å². The van der Waals surface area contributed by atoms with Crippen LogP contribution in [0.2, 0.25) is 0 Å². The normalized spacial score (nSPS) is 25.1. The maximum Gasteiger partial charge on any atom is 0.245 e. The number of rotatable bonds is 5. The zero-order valence-electron chi connectivity index (χ0n) is 14.2. The molecule has 6 nitrogen and oxygen atoms in total. The highest BCUT2D eigenvalue weighted by molar-refractivity contribution is 5.99. The van der Waals surface area contributed by atoms with E-state index in [1.54, 1.807) is 6.20 Å². The highest BCUT2D eigenvalue weighted by Crippen LogP contribution is 2.50. The number of carbonyl (C=O) groups is 1. The molecule has 1 amide bonds. The first-order chi connectivity index (χ1) is 11.4. The lowest BCUT2D eigenvalue weighted by atomic mass is 9.54. The van der Waals surface area contributed by atoms with Crippen molar-refractivity contribution in [3.8, 4) is 11.3 Å². The van der Waals surface area contributed by atoms with Gasteiger partial charge in [0.05, 0.1) is 12.3 Å². The molecule has 24 heavy (non-hydrogen) atoms. The highest BCUT2D eigenvalue weighted by Gasteiger charge is 2.62. The number of hydrogen-bond donors (Lipinski definition) is 2. The van der Waals surface area contributed by atoms with Crippen molar-refractivity contribution in [1.29, 1.82) is 0 Å². The zero-order chi connectivity index (χ0) is 17.4. The average Bonchev–Trinajstić information content (AvgIpc) is 3.09. The van der Waals surface area contributed by atoms with Gasteiger partial charge >= 0.3 is 0 Å². The Balaban J connectivity index is 1.69. The number of carbonyl (C=O) groups excluding carboxylic acids is 1. The van der Waals surface area contributed by atoms with Gasteiger partial charge in [0, 0.05) is 29.7 Å². The molecule has 0 spiro atoms. The van der Waals surface area contributed by atoms with Gasteiger partial charge in [0.25, 0.3) is 0 Å². The third-order valence-corrected chi connectivity index (χ3v) is 5.09. The number of benzene rings is 1. The van der Waals surface area contributed by atoms with E-state index in [-0.39, 0.29) is 12.0 Å². The monoisotopic (exact) mass is 329 g/mol. The van der Waals surface area contributed by atoms with Gasteiger partial charge < -0.3 is 20.2 Å². The van der Waals surface area contributed by atoms with E-state index < -0.39 is 11.0 Å². The van der Waals surface area contributed by atoms with Crippen LogP contribution in [-0.4, -0.2) is 29.1 Å². The van der Waals surface area contributed by atoms with E-state index in [4.69, 9.17) is 14.9 Å². The van der Waals surface area contributed by atoms with E-state index in [2.05, 4.69) is 10.3 Å². The fourth-order valence-electron chi connectivity index (χ4n) is 3.14. The number of nitrogens with two attached hydrogens (primary N) is 1. The predicted octanol–water partition coefficient (Wildman–Crippen LogP) is 2.81. The quantitative estimate of drug-likeness (QED) is 0.880. The van der Waals surface area contributed by atoms with Gasteiger partial charge in [0.15, 0.2) is 12.2 Å². The summed E-state index contributed by atoms with van der Waals surface area (Å²) in [5.74, 6) is 0.499. The molecule has 128 valence electrons. The molecule has 1 aliphatic carbocycles. The summed E-state index contributed by atoms with van der Waals surface area (Å²) in [7, 11) is 0. The molecule has 1 fully saturated rings. The third kappa shape index (κ3) is 2.61. The molecule has 1 aliphatic rings. The van der Waals surface area contributed by atoms with Crippen LogP contribution in [0.15, 0.2) is 41.3 Å². The van der Waals surface area contributed by atoms with E-state index in [1.165, 1.54) is 6.39 Å². The van der Waals surface area contributed by atoms with Crippen LogP contribution in [0.1, 0.15) is 27.2 Å². The van der Waals surface area contributed by atoms with E-state index in [0.29, 0.717) is 24.5 Å². The SMILES string of the molecule is CCOC1CC(N)(C(=O)Nc2ccc(-c3cnco3)cc2)C1(C)C. The molecule has 6 heteroatoms. The summed E-state index contributed by atoms with van der Waals surface area (Å²) in [5, 5.41) is 2.91. The van der Waals surface area contributed by atoms with E-state index in [1.807, 2.05) is 45.0 Å². The van der Waals surface area contributed by atoms with Crippen LogP contribution in [0.5, 0.6) is 0 Å². The lowest BCUT2D eigenvalue weighted by molar-refractivity contribution is -0.166. The van der Waals surface area contributed by atoms with Gasteiger partial charge in [0.2, 0.25) is 5.91 Å². The molecule has 1 heterocycles. The number of aromatic nitrogens is 1. The van der Waals surface area contributed by atoms with Gasteiger partial charge in [-0.3, -0.25) is 4.79 Å². The molecule has 2 unspecified atom stereocenters. The first-order valence-electron chi connectivity index (χ1n) is 8.09. The lowest BCUT2D eigenvalue weighted by Crippen LogP contribution is -2.74. The van der Waals surface area contributed by atoms with Crippen LogP contribution in [0.25, 0.3) is 11.3 Å². The minimum Gasteiger partial charge on any atom is -0.444 e. The fourth-order valence-corrected chi connectivity index (χ4v) is 3.14. The number of amides is 1. The molecule has 2 aromatic rings. The van der Waals surface area contributed by atoms with Crippen molar-refractivity contribution >= 4 is 11.6 Å². The molecule has 2 atom stereocenters. The van der Waals surface area contributed by atoms with Crippen molar-refractivity contribution in [3.63, 3.8) is 0 Å². The summed E-state index contributed by atoms with van der Waals surface area (Å²) in [6.45, 7) is 6.52. The Bertz CT molecular complexity index is 710. The summed E-state index contributed by atoms with van der Waals surface area (Å²) in [5.41, 5.74) is 6.64. The first-order valence-corrected chi connectivity index (χ1v) is 8.09. The Labute approximate surface area is 141 Å². The Morgan fingerprint density at radius 1 is 1.42 bits per heavy atom. The second kappa shape index (κ2) is 6.03. The van der Waals surface area contributed by atoms with E-state index >= 15 is 0 Å². The number of oxazole rings is 1. The molecule has 1 saturated carbocycles. The molecule has 0 bridgehead atoms. The van der Waals surface area contributed by atoms with Crippen molar-refractivity contribution < 1.29 is 13.9 Å². The van der Waals surface area contributed by atoms with Crippen LogP contribution in [0, 0.1) is 5.41 Å². The van der Waals surface area contributed by atoms with Crippen molar-refractivity contribution in [2.75, 3.05) is 11.9 Å². The van der Waals surface area contributed by atoms with Crippen LogP contribution in [0.3, 0.4) is 0 Å². The molecular formula is C18H23N3O3. The van der Waals surface area contributed by atoms with Crippen LogP contribution < -0.4 is 11.1 Å². The Morgan fingerprint density at radius 2 is 2.12 bits per heavy atom. The van der Waals surface area contributed by atoms with Crippen molar-refractivity contribution in [2.24, 2.45) is 11.1 Å². The maximum atomic E-state index is 12.7. The summed E-state index contributed by atoms with van der Waals surface area (Å²) in [6, 6.07) is 7.39. The maximum absolute atomic E-state index is 12.7. The Morgan fingerprint density at radius 3 is 2.67 bits per heavy atom. The topological polar surface area (TPSA) is 90.4 Å². The predicted molar refractivity (Wildman–Crippen MR) is 91.3 cm³/mol. The third-order valence-electron chi connectivity index (χ3n) is 5.09. The summed E-state index contributed by atoms with van der Waals surface area (Å²) < 4.78 is 10.9. The van der Waals surface area contributed by atoms with Crippen LogP contribution >= 0.6 is 0 Å². The molecule has 0 radical (unpaired) electrons. The fraction of sp³-hybridized carbons (Fsp3) is 0.444. The van der Waals surface area contributed by atoms with Gasteiger partial charge in [-0.05, 0) is 31.2 Å². The molecule has 3 rings (SSSR count). The number of nitrogens with zero attached hydrogens (tertiary/aromatic N) is 1. The second-order valence-corrected chi connectivity index (χ2v) is 6.74. The van der Waals surface area contributed by atoms with Gasteiger partial charge in [-0.2, -0.15) is 0 Å². The minimum atomic E-state index is -0.934. The van der Waals surface area contributed by atoms with Crippen molar-refractivity contribution in [2.45, 2.75) is 38.8 Å². The standard InChI is InChI=1S/C18H23N3O3/c1-4-23-15-9-18(19,17(15,2)3)16(22)21-13-7-5-12(6-8-13)14-10-20-11-24-14/h5-8,10-11,15H,4,9,19H2,1-3H3,(H,21,22). The van der Waals surface area contributed by atoms with Gasteiger partial charge in [-0.1, -0.05) is 13.8 Å². The van der Waals surface area contributed by atoms with Crippen molar-refractivity contribution in [3.05, 3.63) is 36.9 Å². The first kappa shape index (κ1) is 16.7. The summed E-state index contributed by atoms with van der Waals surface area (Å²) in [4.78, 5) is 16.6. The van der Waals surface area contributed by atoms with E-state index in [0.717, 1.165) is 5.56 Å². The molecular weight excluding hydrogens is 306 g/mol. The van der Waals surface area contributed by atoms with Gasteiger partial charge in [-0.25, -0.2) is 4.98 Å². The summed E-state index contributed by atoms with van der Waals surface area (Å²) >= 11 is 0. The van der Waals surface area contributed by atoms with Gasteiger partial charge in [-0.15, -0.1) is 0 Å². The number of anilines is 1. The largest absolute Gasteiger partial charge is 0.444 e. The molecule has 0 aliphatic heterocycles. The number of hydrogen-bond acceptors (Lipinski definition) is 5. The molecule has 1 aromatic carbocycles.